The summed E-state index contributed by atoms with van der Waals surface area (Å²) in [7, 11) is 0. The molecule has 0 aliphatic heterocycles. The highest BCUT2D eigenvalue weighted by molar-refractivity contribution is 9.10. The summed E-state index contributed by atoms with van der Waals surface area (Å²) in [6.45, 7) is 2.14. The Balaban J connectivity index is 2.16. The van der Waals surface area contributed by atoms with Gasteiger partial charge >= 0.3 is 0 Å². The third-order valence-corrected chi connectivity index (χ3v) is 2.65. The topological polar surface area (TPSA) is 55.1 Å². The fraction of sp³-hybridized carbons (Fsp3) is 0.273. The molecule has 0 atom stereocenters. The molecule has 0 aliphatic carbocycles. The summed E-state index contributed by atoms with van der Waals surface area (Å²) < 4.78 is 6.43. The van der Waals surface area contributed by atoms with Crippen LogP contribution in [0.15, 0.2) is 27.1 Å². The van der Waals surface area contributed by atoms with Gasteiger partial charge in [0.25, 0.3) is 0 Å². The maximum Gasteiger partial charge on any atom is 0.220 e. The molecule has 0 aliphatic rings. The molecule has 2 aromatic rings. The van der Waals surface area contributed by atoms with Gasteiger partial charge in [-0.05, 0) is 18.2 Å². The van der Waals surface area contributed by atoms with Crippen LogP contribution >= 0.6 is 15.9 Å². The summed E-state index contributed by atoms with van der Waals surface area (Å²) in [6, 6.07) is 5.61. The second-order valence-electron chi connectivity index (χ2n) is 3.35. The van der Waals surface area contributed by atoms with Gasteiger partial charge < -0.3 is 9.73 Å². The maximum absolute atomic E-state index is 11.1. The molecule has 16 heavy (non-hydrogen) atoms. The second-order valence-corrected chi connectivity index (χ2v) is 4.27. The number of nitrogens with zero attached hydrogens (tertiary/aromatic N) is 1. The number of fused-ring (bicyclic) bond motifs is 1. The van der Waals surface area contributed by atoms with Crippen molar-refractivity contribution in [1.82, 2.24) is 10.3 Å². The van der Waals surface area contributed by atoms with E-state index >= 15 is 0 Å². The van der Waals surface area contributed by atoms with Crippen LogP contribution in [-0.4, -0.2) is 10.9 Å². The number of amides is 1. The van der Waals surface area contributed by atoms with Crippen LogP contribution in [0.1, 0.15) is 19.2 Å². The molecule has 0 radical (unpaired) electrons. The lowest BCUT2D eigenvalue weighted by molar-refractivity contribution is -0.121. The minimum absolute atomic E-state index is 0.0107. The maximum atomic E-state index is 11.1. The molecule has 1 aromatic heterocycles. The van der Waals surface area contributed by atoms with Crippen LogP contribution in [0.5, 0.6) is 0 Å². The summed E-state index contributed by atoms with van der Waals surface area (Å²) in [5, 5.41) is 2.72. The molecule has 0 saturated carbocycles. The summed E-state index contributed by atoms with van der Waals surface area (Å²) in [5.74, 6) is 0.512. The average Bonchev–Trinajstić information content (AvgIpc) is 2.67. The molecular weight excluding hydrogens is 272 g/mol. The van der Waals surface area contributed by atoms with E-state index in [1.54, 1.807) is 6.92 Å². The van der Waals surface area contributed by atoms with E-state index in [0.717, 1.165) is 15.6 Å². The molecule has 4 nitrogen and oxygen atoms in total. The third-order valence-electron chi connectivity index (χ3n) is 2.15. The van der Waals surface area contributed by atoms with Gasteiger partial charge in [0.1, 0.15) is 5.52 Å². The summed E-state index contributed by atoms with van der Waals surface area (Å²) >= 11 is 3.36. The molecule has 1 amide bonds. The van der Waals surface area contributed by atoms with Crippen LogP contribution in [0.2, 0.25) is 0 Å². The first-order chi connectivity index (χ1) is 7.69. The van der Waals surface area contributed by atoms with Gasteiger partial charge in [0, 0.05) is 10.9 Å². The van der Waals surface area contributed by atoms with Crippen molar-refractivity contribution in [2.75, 3.05) is 0 Å². The van der Waals surface area contributed by atoms with Crippen LogP contribution in [0, 0.1) is 0 Å². The van der Waals surface area contributed by atoms with E-state index in [0.29, 0.717) is 18.9 Å². The summed E-state index contributed by atoms with van der Waals surface area (Å²) in [6.07, 6.45) is 0.464. The summed E-state index contributed by atoms with van der Waals surface area (Å²) in [5.41, 5.74) is 1.51. The minimum atomic E-state index is -0.0107. The highest BCUT2D eigenvalue weighted by Crippen LogP contribution is 2.20. The van der Waals surface area contributed by atoms with Crippen LogP contribution in [0.4, 0.5) is 0 Å². The molecule has 1 heterocycles. The summed E-state index contributed by atoms with van der Waals surface area (Å²) in [4.78, 5) is 15.3. The molecule has 0 saturated heterocycles. The Morgan fingerprint density at radius 1 is 1.56 bits per heavy atom. The van der Waals surface area contributed by atoms with Crippen LogP contribution in [-0.2, 0) is 11.3 Å². The lowest BCUT2D eigenvalue weighted by atomic mass is 10.3. The smallest absolute Gasteiger partial charge is 0.220 e. The van der Waals surface area contributed by atoms with Gasteiger partial charge in [-0.25, -0.2) is 4.98 Å². The Kier molecular flexibility index (Phi) is 3.24. The van der Waals surface area contributed by atoms with Gasteiger partial charge in [-0.2, -0.15) is 0 Å². The standard InChI is InChI=1S/C11H11BrN2O2/c1-2-10(15)13-6-11-14-8-5-7(12)3-4-9(8)16-11/h3-5H,2,6H2,1H3,(H,13,15). The van der Waals surface area contributed by atoms with E-state index in [1.165, 1.54) is 0 Å². The first kappa shape index (κ1) is 11.1. The van der Waals surface area contributed by atoms with Gasteiger partial charge in [0.05, 0.1) is 6.54 Å². The number of benzene rings is 1. The Bertz CT molecular complexity index is 522. The number of nitrogens with one attached hydrogen (secondary N) is 1. The normalized spacial score (nSPS) is 10.6. The van der Waals surface area contributed by atoms with E-state index in [4.69, 9.17) is 4.42 Å². The van der Waals surface area contributed by atoms with Gasteiger partial charge in [-0.1, -0.05) is 22.9 Å². The number of rotatable bonds is 3. The number of hydrogen-bond donors (Lipinski definition) is 1. The predicted molar refractivity (Wildman–Crippen MR) is 63.8 cm³/mol. The predicted octanol–water partition coefficient (Wildman–Crippen LogP) is 2.62. The Hall–Kier alpha value is -1.36. The molecule has 0 unspecified atom stereocenters. The minimum Gasteiger partial charge on any atom is -0.439 e. The zero-order valence-corrected chi connectivity index (χ0v) is 10.4. The third kappa shape index (κ3) is 2.41. The lowest BCUT2D eigenvalue weighted by Gasteiger charge is -1.97. The largest absolute Gasteiger partial charge is 0.439 e. The first-order valence-electron chi connectivity index (χ1n) is 5.00. The van der Waals surface area contributed by atoms with E-state index in [1.807, 2.05) is 18.2 Å². The van der Waals surface area contributed by atoms with Crippen molar-refractivity contribution in [3.63, 3.8) is 0 Å². The number of carbonyl (C=O) groups is 1. The molecule has 5 heteroatoms. The molecule has 0 spiro atoms. The van der Waals surface area contributed by atoms with Crippen molar-refractivity contribution in [3.05, 3.63) is 28.6 Å². The highest BCUT2D eigenvalue weighted by atomic mass is 79.9. The lowest BCUT2D eigenvalue weighted by Crippen LogP contribution is -2.21. The Morgan fingerprint density at radius 3 is 3.12 bits per heavy atom. The van der Waals surface area contributed by atoms with Crippen molar-refractivity contribution < 1.29 is 9.21 Å². The van der Waals surface area contributed by atoms with Gasteiger partial charge in [0.15, 0.2) is 5.58 Å². The fourth-order valence-corrected chi connectivity index (χ4v) is 1.67. The molecule has 1 N–H and O–H groups in total. The second kappa shape index (κ2) is 4.65. The van der Waals surface area contributed by atoms with Crippen molar-refractivity contribution in [3.8, 4) is 0 Å². The fourth-order valence-electron chi connectivity index (χ4n) is 1.32. The Labute approximate surface area is 101 Å². The molecule has 2 rings (SSSR count). The first-order valence-corrected chi connectivity index (χ1v) is 5.80. The monoisotopic (exact) mass is 282 g/mol. The molecule has 0 bridgehead atoms. The molecule has 0 fully saturated rings. The van der Waals surface area contributed by atoms with E-state index in [2.05, 4.69) is 26.2 Å². The number of halogens is 1. The van der Waals surface area contributed by atoms with E-state index in [9.17, 15) is 4.79 Å². The number of hydrogen-bond acceptors (Lipinski definition) is 3. The molecular formula is C11H11BrN2O2. The van der Waals surface area contributed by atoms with Gasteiger partial charge in [0.2, 0.25) is 11.8 Å². The van der Waals surface area contributed by atoms with E-state index < -0.39 is 0 Å². The van der Waals surface area contributed by atoms with Gasteiger partial charge in [-0.15, -0.1) is 0 Å². The number of carbonyl (C=O) groups excluding carboxylic acids is 1. The van der Waals surface area contributed by atoms with Crippen LogP contribution < -0.4 is 5.32 Å². The van der Waals surface area contributed by atoms with Crippen molar-refractivity contribution >= 4 is 32.9 Å². The molecule has 84 valence electrons. The quantitative estimate of drug-likeness (QED) is 0.942. The zero-order chi connectivity index (χ0) is 11.5. The van der Waals surface area contributed by atoms with Crippen LogP contribution in [0.25, 0.3) is 11.1 Å². The zero-order valence-electron chi connectivity index (χ0n) is 8.79. The number of oxazole rings is 1. The van der Waals surface area contributed by atoms with Crippen molar-refractivity contribution in [1.29, 1.82) is 0 Å². The van der Waals surface area contributed by atoms with E-state index in [-0.39, 0.29) is 5.91 Å². The number of aromatic nitrogens is 1. The van der Waals surface area contributed by atoms with Gasteiger partial charge in [-0.3, -0.25) is 4.79 Å². The molecule has 1 aromatic carbocycles. The SMILES string of the molecule is CCC(=O)NCc1nc2cc(Br)ccc2o1. The average molecular weight is 283 g/mol. The highest BCUT2D eigenvalue weighted by Gasteiger charge is 2.06. The van der Waals surface area contributed by atoms with Crippen molar-refractivity contribution in [2.24, 2.45) is 0 Å². The Morgan fingerprint density at radius 2 is 2.38 bits per heavy atom. The van der Waals surface area contributed by atoms with Crippen molar-refractivity contribution in [2.45, 2.75) is 19.9 Å². The van der Waals surface area contributed by atoms with Crippen LogP contribution in [0.3, 0.4) is 0 Å².